The van der Waals surface area contributed by atoms with Crippen LogP contribution in [0.2, 0.25) is 5.02 Å². The molecule has 2 atom stereocenters. The molecule has 0 spiro atoms. The molecule has 0 aromatic heterocycles. The van der Waals surface area contributed by atoms with Gasteiger partial charge < -0.3 is 9.64 Å². The van der Waals surface area contributed by atoms with Crippen LogP contribution in [0.15, 0.2) is 29.2 Å². The van der Waals surface area contributed by atoms with Crippen molar-refractivity contribution in [3.63, 3.8) is 0 Å². The highest BCUT2D eigenvalue weighted by molar-refractivity contribution is 7.99. The van der Waals surface area contributed by atoms with E-state index in [4.69, 9.17) is 16.3 Å². The van der Waals surface area contributed by atoms with Gasteiger partial charge in [0, 0.05) is 27.8 Å². The molecule has 0 aliphatic carbocycles. The van der Waals surface area contributed by atoms with Gasteiger partial charge in [0.25, 0.3) is 5.91 Å². The number of rotatable bonds is 6. The van der Waals surface area contributed by atoms with E-state index in [1.54, 1.807) is 11.8 Å². The van der Waals surface area contributed by atoms with Gasteiger partial charge in [-0.1, -0.05) is 11.6 Å². The number of likely N-dealkylation sites (tertiary alicyclic amines) is 1. The maximum atomic E-state index is 12.3. The smallest absolute Gasteiger partial charge is 0.307 e. The van der Waals surface area contributed by atoms with Crippen LogP contribution in [-0.4, -0.2) is 41.2 Å². The summed E-state index contributed by atoms with van der Waals surface area (Å²) in [5, 5.41) is 0.693. The first-order valence-electron chi connectivity index (χ1n) is 8.32. The Morgan fingerprint density at radius 1 is 1.21 bits per heavy atom. The maximum Gasteiger partial charge on any atom is 0.307 e. The second kappa shape index (κ2) is 9.33. The zero-order valence-electron chi connectivity index (χ0n) is 14.2. The number of piperidine rings is 1. The number of hydrogen-bond donors (Lipinski definition) is 0. The van der Waals surface area contributed by atoms with E-state index in [1.165, 1.54) is 0 Å². The molecule has 1 aromatic rings. The SMILES string of the molecule is CC1CCCC(C)N1C(=O)COC(=O)CCSc1ccc(Cl)cc1. The molecular formula is C18H24ClNO3S. The Balaban J connectivity index is 1.68. The van der Waals surface area contributed by atoms with Gasteiger partial charge in [0.05, 0.1) is 6.42 Å². The number of nitrogens with zero attached hydrogens (tertiary/aromatic N) is 1. The van der Waals surface area contributed by atoms with Crippen molar-refractivity contribution in [2.75, 3.05) is 12.4 Å². The average molecular weight is 370 g/mol. The van der Waals surface area contributed by atoms with Crippen molar-refractivity contribution < 1.29 is 14.3 Å². The van der Waals surface area contributed by atoms with Gasteiger partial charge in [0.1, 0.15) is 0 Å². The normalized spacial score (nSPS) is 20.7. The van der Waals surface area contributed by atoms with Gasteiger partial charge in [-0.2, -0.15) is 0 Å². The van der Waals surface area contributed by atoms with Gasteiger partial charge in [-0.05, 0) is 57.4 Å². The van der Waals surface area contributed by atoms with Gasteiger partial charge in [-0.15, -0.1) is 11.8 Å². The molecule has 1 amide bonds. The van der Waals surface area contributed by atoms with E-state index in [0.717, 1.165) is 24.2 Å². The van der Waals surface area contributed by atoms with Crippen molar-refractivity contribution in [2.45, 2.75) is 56.5 Å². The highest BCUT2D eigenvalue weighted by Crippen LogP contribution is 2.23. The van der Waals surface area contributed by atoms with Crippen LogP contribution in [0.5, 0.6) is 0 Å². The number of esters is 1. The van der Waals surface area contributed by atoms with Crippen molar-refractivity contribution in [1.82, 2.24) is 4.90 Å². The van der Waals surface area contributed by atoms with Crippen LogP contribution in [0.25, 0.3) is 0 Å². The molecule has 24 heavy (non-hydrogen) atoms. The van der Waals surface area contributed by atoms with Crippen LogP contribution in [0.3, 0.4) is 0 Å². The van der Waals surface area contributed by atoms with Crippen LogP contribution in [-0.2, 0) is 14.3 Å². The number of ether oxygens (including phenoxy) is 1. The Morgan fingerprint density at radius 3 is 2.46 bits per heavy atom. The molecule has 1 aliphatic heterocycles. The summed E-state index contributed by atoms with van der Waals surface area (Å²) < 4.78 is 5.15. The molecule has 6 heteroatoms. The van der Waals surface area contributed by atoms with Crippen molar-refractivity contribution in [2.24, 2.45) is 0 Å². The van der Waals surface area contributed by atoms with E-state index in [2.05, 4.69) is 13.8 Å². The molecule has 2 rings (SSSR count). The summed E-state index contributed by atoms with van der Waals surface area (Å²) in [7, 11) is 0. The van der Waals surface area contributed by atoms with E-state index < -0.39 is 0 Å². The van der Waals surface area contributed by atoms with Crippen LogP contribution >= 0.6 is 23.4 Å². The molecule has 1 fully saturated rings. The first-order chi connectivity index (χ1) is 11.5. The second-order valence-electron chi connectivity index (χ2n) is 6.14. The molecular weight excluding hydrogens is 346 g/mol. The fourth-order valence-electron chi connectivity index (χ4n) is 2.98. The third kappa shape index (κ3) is 5.71. The zero-order chi connectivity index (χ0) is 17.5. The highest BCUT2D eigenvalue weighted by Gasteiger charge is 2.29. The second-order valence-corrected chi connectivity index (χ2v) is 7.75. The van der Waals surface area contributed by atoms with Crippen LogP contribution in [0.4, 0.5) is 0 Å². The summed E-state index contributed by atoms with van der Waals surface area (Å²) >= 11 is 7.40. The van der Waals surface area contributed by atoms with Gasteiger partial charge in [-0.3, -0.25) is 9.59 Å². The van der Waals surface area contributed by atoms with Gasteiger partial charge in [-0.25, -0.2) is 0 Å². The minimum Gasteiger partial charge on any atom is -0.456 e. The molecule has 0 bridgehead atoms. The fourth-order valence-corrected chi connectivity index (χ4v) is 3.94. The van der Waals surface area contributed by atoms with Crippen LogP contribution in [0.1, 0.15) is 39.5 Å². The molecule has 132 valence electrons. The largest absolute Gasteiger partial charge is 0.456 e. The third-order valence-corrected chi connectivity index (χ3v) is 5.49. The Morgan fingerprint density at radius 2 is 1.83 bits per heavy atom. The lowest BCUT2D eigenvalue weighted by molar-refractivity contribution is -0.154. The molecule has 2 unspecified atom stereocenters. The minimum absolute atomic E-state index is 0.0894. The number of hydrogen-bond acceptors (Lipinski definition) is 4. The number of carbonyl (C=O) groups is 2. The Bertz CT molecular complexity index is 554. The lowest BCUT2D eigenvalue weighted by Gasteiger charge is -2.38. The first kappa shape index (κ1) is 19.1. The van der Waals surface area contributed by atoms with E-state index >= 15 is 0 Å². The molecule has 0 saturated carbocycles. The van der Waals surface area contributed by atoms with E-state index in [0.29, 0.717) is 10.8 Å². The summed E-state index contributed by atoms with van der Waals surface area (Å²) in [6.45, 7) is 3.95. The lowest BCUT2D eigenvalue weighted by atomic mass is 9.97. The van der Waals surface area contributed by atoms with E-state index in [1.807, 2.05) is 29.2 Å². The average Bonchev–Trinajstić information content (AvgIpc) is 2.54. The fraction of sp³-hybridized carbons (Fsp3) is 0.556. The molecule has 1 heterocycles. The Hall–Kier alpha value is -1.20. The molecule has 1 saturated heterocycles. The monoisotopic (exact) mass is 369 g/mol. The topological polar surface area (TPSA) is 46.6 Å². The number of carbonyl (C=O) groups excluding carboxylic acids is 2. The molecule has 0 N–H and O–H groups in total. The summed E-state index contributed by atoms with van der Waals surface area (Å²) in [5.74, 6) is 0.195. The minimum atomic E-state index is -0.331. The molecule has 1 aromatic carbocycles. The predicted molar refractivity (Wildman–Crippen MR) is 97.4 cm³/mol. The van der Waals surface area contributed by atoms with Crippen molar-refractivity contribution >= 4 is 35.2 Å². The number of amides is 1. The Kier molecular flexibility index (Phi) is 7.43. The van der Waals surface area contributed by atoms with E-state index in [9.17, 15) is 9.59 Å². The van der Waals surface area contributed by atoms with Crippen LogP contribution in [0, 0.1) is 0 Å². The number of benzene rings is 1. The molecule has 4 nitrogen and oxygen atoms in total. The van der Waals surface area contributed by atoms with Crippen molar-refractivity contribution in [3.05, 3.63) is 29.3 Å². The molecule has 0 radical (unpaired) electrons. The first-order valence-corrected chi connectivity index (χ1v) is 9.69. The molecule has 1 aliphatic rings. The summed E-state index contributed by atoms with van der Waals surface area (Å²) in [6, 6.07) is 7.92. The van der Waals surface area contributed by atoms with E-state index in [-0.39, 0.29) is 37.0 Å². The quantitative estimate of drug-likeness (QED) is 0.558. The lowest BCUT2D eigenvalue weighted by Crippen LogP contribution is -2.49. The third-order valence-electron chi connectivity index (χ3n) is 4.23. The van der Waals surface area contributed by atoms with Gasteiger partial charge in [0.15, 0.2) is 6.61 Å². The highest BCUT2D eigenvalue weighted by atomic mass is 35.5. The summed E-state index contributed by atoms with van der Waals surface area (Å²) in [5.41, 5.74) is 0. The maximum absolute atomic E-state index is 12.3. The van der Waals surface area contributed by atoms with Gasteiger partial charge in [0.2, 0.25) is 0 Å². The van der Waals surface area contributed by atoms with Gasteiger partial charge >= 0.3 is 5.97 Å². The number of halogens is 1. The van der Waals surface area contributed by atoms with Crippen LogP contribution < -0.4 is 0 Å². The standard InChI is InChI=1S/C18H24ClNO3S/c1-13-4-3-5-14(2)20(13)17(21)12-23-18(22)10-11-24-16-8-6-15(19)7-9-16/h6-9,13-14H,3-5,10-12H2,1-2H3. The van der Waals surface area contributed by atoms with Crippen molar-refractivity contribution in [1.29, 1.82) is 0 Å². The predicted octanol–water partition coefficient (Wildman–Crippen LogP) is 4.15. The number of thioether (sulfide) groups is 1. The Labute approximate surface area is 152 Å². The summed E-state index contributed by atoms with van der Waals surface area (Å²) in [6.07, 6.45) is 3.46. The zero-order valence-corrected chi connectivity index (χ0v) is 15.7. The summed E-state index contributed by atoms with van der Waals surface area (Å²) in [4.78, 5) is 27.0. The van der Waals surface area contributed by atoms with Crippen molar-refractivity contribution in [3.8, 4) is 0 Å².